The zero-order chi connectivity index (χ0) is 18.1. The summed E-state index contributed by atoms with van der Waals surface area (Å²) >= 11 is 3.61. The van der Waals surface area contributed by atoms with Gasteiger partial charge in [-0.3, -0.25) is 0 Å². The minimum Gasteiger partial charge on any atom is -0.345 e. The number of nitrogens with zero attached hydrogens (tertiary/aromatic N) is 3. The Labute approximate surface area is 163 Å². The Morgan fingerprint density at radius 2 is 1.85 bits per heavy atom. The highest BCUT2D eigenvalue weighted by molar-refractivity contribution is 7.98. The van der Waals surface area contributed by atoms with Gasteiger partial charge in [0.1, 0.15) is 16.5 Å². The van der Waals surface area contributed by atoms with E-state index in [0.29, 0.717) is 0 Å². The maximum absolute atomic E-state index is 5.03. The average Bonchev–Trinajstić information content (AvgIpc) is 2.95. The van der Waals surface area contributed by atoms with Crippen molar-refractivity contribution in [2.75, 3.05) is 38.1 Å². The van der Waals surface area contributed by atoms with E-state index in [1.54, 1.807) is 28.0 Å². The number of hydrogen-bond acceptors (Lipinski definition) is 5. The summed E-state index contributed by atoms with van der Waals surface area (Å²) in [5.41, 5.74) is 1.34. The Morgan fingerprint density at radius 3 is 2.58 bits per heavy atom. The summed E-state index contributed by atoms with van der Waals surface area (Å²) in [6.45, 7) is 8.87. The number of thioether (sulfide) groups is 1. The van der Waals surface area contributed by atoms with Gasteiger partial charge in [0.2, 0.25) is 0 Å². The van der Waals surface area contributed by atoms with E-state index in [9.17, 15) is 0 Å². The van der Waals surface area contributed by atoms with Crippen LogP contribution in [-0.2, 0) is 5.75 Å². The summed E-state index contributed by atoms with van der Waals surface area (Å²) in [5, 5.41) is 1.26. The van der Waals surface area contributed by atoms with E-state index < -0.39 is 0 Å². The molecule has 0 aliphatic carbocycles. The topological polar surface area (TPSA) is 33.5 Å². The SMILES string of the molecule is Cc1sc2nc(CSc3ccccc3)nc(N3CC[NH+](C)CC3)c2c1C. The van der Waals surface area contributed by atoms with E-state index in [1.807, 2.05) is 0 Å². The quantitative estimate of drug-likeness (QED) is 0.700. The molecule has 0 saturated carbocycles. The van der Waals surface area contributed by atoms with Crippen molar-refractivity contribution in [3.63, 3.8) is 0 Å². The maximum Gasteiger partial charge on any atom is 0.142 e. The van der Waals surface area contributed by atoms with Crippen LogP contribution in [0.2, 0.25) is 0 Å². The van der Waals surface area contributed by atoms with Crippen LogP contribution in [-0.4, -0.2) is 43.2 Å². The molecular weight excluding hydrogens is 360 g/mol. The lowest BCUT2D eigenvalue weighted by Gasteiger charge is -2.31. The van der Waals surface area contributed by atoms with Crippen LogP contribution < -0.4 is 9.80 Å². The minimum atomic E-state index is 0.807. The molecular formula is C20H25N4S2+. The van der Waals surface area contributed by atoms with Gasteiger partial charge in [0.25, 0.3) is 0 Å². The number of quaternary nitrogens is 1. The molecule has 1 saturated heterocycles. The number of aryl methyl sites for hydroxylation is 2. The Balaban J connectivity index is 1.68. The molecule has 136 valence electrons. The lowest BCUT2D eigenvalue weighted by Crippen LogP contribution is -3.12. The van der Waals surface area contributed by atoms with Crippen molar-refractivity contribution in [1.82, 2.24) is 9.97 Å². The summed E-state index contributed by atoms with van der Waals surface area (Å²) in [6, 6.07) is 10.5. The molecule has 3 heterocycles. The van der Waals surface area contributed by atoms with Crippen LogP contribution in [0.4, 0.5) is 5.82 Å². The predicted octanol–water partition coefficient (Wildman–Crippen LogP) is 2.94. The lowest BCUT2D eigenvalue weighted by molar-refractivity contribution is -0.880. The van der Waals surface area contributed by atoms with E-state index in [1.165, 1.54) is 33.8 Å². The minimum absolute atomic E-state index is 0.807. The zero-order valence-electron chi connectivity index (χ0n) is 15.6. The van der Waals surface area contributed by atoms with Gasteiger partial charge in [-0.05, 0) is 31.5 Å². The van der Waals surface area contributed by atoms with Crippen LogP contribution >= 0.6 is 23.1 Å². The molecule has 26 heavy (non-hydrogen) atoms. The molecule has 1 aromatic carbocycles. The van der Waals surface area contributed by atoms with Crippen molar-refractivity contribution >= 4 is 39.1 Å². The first-order chi connectivity index (χ1) is 12.6. The monoisotopic (exact) mass is 385 g/mol. The number of thiophene rings is 1. The molecule has 0 amide bonds. The molecule has 6 heteroatoms. The Hall–Kier alpha value is -1.63. The van der Waals surface area contributed by atoms with Crippen LogP contribution in [0.1, 0.15) is 16.3 Å². The molecule has 1 aliphatic heterocycles. The third-order valence-electron chi connectivity index (χ3n) is 5.08. The number of anilines is 1. The second kappa shape index (κ2) is 7.55. The van der Waals surface area contributed by atoms with E-state index in [4.69, 9.17) is 9.97 Å². The molecule has 1 aliphatic rings. The van der Waals surface area contributed by atoms with Crippen molar-refractivity contribution in [2.24, 2.45) is 0 Å². The second-order valence-electron chi connectivity index (χ2n) is 6.97. The molecule has 1 fully saturated rings. The fraction of sp³-hybridized carbons (Fsp3) is 0.400. The smallest absolute Gasteiger partial charge is 0.142 e. The van der Waals surface area contributed by atoms with Crippen LogP contribution in [0.5, 0.6) is 0 Å². The van der Waals surface area contributed by atoms with Crippen LogP contribution in [0.3, 0.4) is 0 Å². The van der Waals surface area contributed by atoms with Crippen molar-refractivity contribution in [3.05, 3.63) is 46.6 Å². The zero-order valence-corrected chi connectivity index (χ0v) is 17.2. The summed E-state index contributed by atoms with van der Waals surface area (Å²) in [6.07, 6.45) is 0. The average molecular weight is 386 g/mol. The third-order valence-corrected chi connectivity index (χ3v) is 7.19. The van der Waals surface area contributed by atoms with Crippen molar-refractivity contribution in [1.29, 1.82) is 0 Å². The first-order valence-electron chi connectivity index (χ1n) is 9.12. The number of piperazine rings is 1. The van der Waals surface area contributed by atoms with E-state index in [2.05, 4.69) is 56.1 Å². The number of nitrogens with one attached hydrogen (secondary N) is 1. The molecule has 0 unspecified atom stereocenters. The predicted molar refractivity (Wildman–Crippen MR) is 112 cm³/mol. The van der Waals surface area contributed by atoms with Crippen LogP contribution in [0, 0.1) is 13.8 Å². The molecule has 0 spiro atoms. The summed E-state index contributed by atoms with van der Waals surface area (Å²) < 4.78 is 0. The van der Waals surface area contributed by atoms with Gasteiger partial charge < -0.3 is 9.80 Å². The van der Waals surface area contributed by atoms with Crippen LogP contribution in [0.25, 0.3) is 10.2 Å². The van der Waals surface area contributed by atoms with Crippen molar-refractivity contribution in [2.45, 2.75) is 24.5 Å². The van der Waals surface area contributed by atoms with Gasteiger partial charge >= 0.3 is 0 Å². The molecule has 2 aromatic heterocycles. The lowest BCUT2D eigenvalue weighted by atomic mass is 10.2. The highest BCUT2D eigenvalue weighted by Crippen LogP contribution is 2.35. The number of benzene rings is 1. The molecule has 0 radical (unpaired) electrons. The maximum atomic E-state index is 5.03. The van der Waals surface area contributed by atoms with Gasteiger partial charge in [-0.15, -0.1) is 23.1 Å². The Morgan fingerprint density at radius 1 is 1.12 bits per heavy atom. The van der Waals surface area contributed by atoms with Crippen molar-refractivity contribution in [3.8, 4) is 0 Å². The Kier molecular flexibility index (Phi) is 5.16. The van der Waals surface area contributed by atoms with E-state index >= 15 is 0 Å². The third kappa shape index (κ3) is 3.59. The van der Waals surface area contributed by atoms with Gasteiger partial charge in [-0.25, -0.2) is 9.97 Å². The van der Waals surface area contributed by atoms with E-state index in [-0.39, 0.29) is 0 Å². The largest absolute Gasteiger partial charge is 0.345 e. The number of hydrogen-bond donors (Lipinski definition) is 1. The molecule has 1 N–H and O–H groups in total. The second-order valence-corrected chi connectivity index (χ2v) is 9.22. The van der Waals surface area contributed by atoms with Gasteiger partial charge in [-0.2, -0.15) is 0 Å². The molecule has 4 nitrogen and oxygen atoms in total. The highest BCUT2D eigenvalue weighted by Gasteiger charge is 2.23. The first kappa shape index (κ1) is 17.8. The Bertz CT molecular complexity index is 899. The molecule has 3 aromatic rings. The summed E-state index contributed by atoms with van der Waals surface area (Å²) in [7, 11) is 2.27. The van der Waals surface area contributed by atoms with Gasteiger partial charge in [-0.1, -0.05) is 18.2 Å². The normalized spacial score (nSPS) is 15.7. The highest BCUT2D eigenvalue weighted by atomic mass is 32.2. The number of fused-ring (bicyclic) bond motifs is 1. The van der Waals surface area contributed by atoms with Gasteiger partial charge in [0.15, 0.2) is 0 Å². The molecule has 0 atom stereocenters. The van der Waals surface area contributed by atoms with E-state index in [0.717, 1.165) is 35.3 Å². The standard InChI is InChI=1S/C20H24N4S2/c1-14-15(2)26-20-18(14)19(24-11-9-23(3)10-12-24)21-17(22-20)13-25-16-7-5-4-6-8-16/h4-8H,9-13H2,1-3H3/p+1. The van der Waals surface area contributed by atoms with Crippen LogP contribution in [0.15, 0.2) is 35.2 Å². The number of rotatable bonds is 4. The summed E-state index contributed by atoms with van der Waals surface area (Å²) in [4.78, 5) is 17.7. The van der Waals surface area contributed by atoms with Gasteiger partial charge in [0, 0.05) is 9.77 Å². The molecule has 4 rings (SSSR count). The van der Waals surface area contributed by atoms with Crippen molar-refractivity contribution < 1.29 is 4.90 Å². The van der Waals surface area contributed by atoms with Gasteiger partial charge in [0.05, 0.1) is 44.4 Å². The molecule has 0 bridgehead atoms. The first-order valence-corrected chi connectivity index (χ1v) is 10.9. The number of aromatic nitrogens is 2. The fourth-order valence-electron chi connectivity index (χ4n) is 3.33. The fourth-order valence-corrected chi connectivity index (χ4v) is 5.15. The number of likely N-dealkylation sites (N-methyl/N-ethyl adjacent to an activating group) is 1. The summed E-state index contributed by atoms with van der Waals surface area (Å²) in [5.74, 6) is 2.89.